The first-order valence-electron chi connectivity index (χ1n) is 6.77. The van der Waals surface area contributed by atoms with E-state index in [0.29, 0.717) is 17.3 Å². The molecular weight excluding hydrogens is 300 g/mol. The zero-order valence-electron chi connectivity index (χ0n) is 11.6. The first-order chi connectivity index (χ1) is 10.6. The third-order valence-corrected chi connectivity index (χ3v) is 3.58. The van der Waals surface area contributed by atoms with Crippen LogP contribution in [0.5, 0.6) is 0 Å². The van der Waals surface area contributed by atoms with Gasteiger partial charge in [-0.15, -0.1) is 0 Å². The predicted molar refractivity (Wildman–Crippen MR) is 86.9 cm³/mol. The van der Waals surface area contributed by atoms with Crippen molar-refractivity contribution in [1.29, 1.82) is 0 Å². The lowest BCUT2D eigenvalue weighted by Gasteiger charge is -2.09. The van der Waals surface area contributed by atoms with E-state index < -0.39 is 11.1 Å². The molecule has 0 amide bonds. The standard InChI is InChI=1S/C17H13ClN2O2/c18-14-7-4-8-15(11-14)20-10-9-19(16(21)17(20)22)12-13-5-2-1-3-6-13/h1-11H,12H2. The summed E-state index contributed by atoms with van der Waals surface area (Å²) in [6, 6.07) is 16.3. The highest BCUT2D eigenvalue weighted by Gasteiger charge is 2.07. The van der Waals surface area contributed by atoms with E-state index >= 15 is 0 Å². The Kier molecular flexibility index (Phi) is 3.94. The quantitative estimate of drug-likeness (QED) is 0.698. The lowest BCUT2D eigenvalue weighted by Crippen LogP contribution is -2.40. The zero-order chi connectivity index (χ0) is 15.5. The monoisotopic (exact) mass is 312 g/mol. The average molecular weight is 313 g/mol. The fourth-order valence-electron chi connectivity index (χ4n) is 2.24. The van der Waals surface area contributed by atoms with E-state index in [9.17, 15) is 9.59 Å². The van der Waals surface area contributed by atoms with Crippen molar-refractivity contribution in [3.8, 4) is 5.69 Å². The van der Waals surface area contributed by atoms with Crippen LogP contribution >= 0.6 is 11.6 Å². The van der Waals surface area contributed by atoms with Crippen LogP contribution in [0.25, 0.3) is 5.69 Å². The van der Waals surface area contributed by atoms with Crippen LogP contribution in [-0.2, 0) is 6.54 Å². The Labute approximate surface area is 131 Å². The normalized spacial score (nSPS) is 10.6. The number of hydrogen-bond acceptors (Lipinski definition) is 2. The average Bonchev–Trinajstić information content (AvgIpc) is 2.53. The summed E-state index contributed by atoms with van der Waals surface area (Å²) < 4.78 is 2.70. The zero-order valence-corrected chi connectivity index (χ0v) is 12.4. The molecule has 0 bridgehead atoms. The topological polar surface area (TPSA) is 44.0 Å². The first-order valence-corrected chi connectivity index (χ1v) is 7.15. The maximum Gasteiger partial charge on any atom is 0.320 e. The molecule has 0 unspecified atom stereocenters. The molecule has 0 aliphatic carbocycles. The number of rotatable bonds is 3. The molecule has 0 spiro atoms. The number of aromatic nitrogens is 2. The van der Waals surface area contributed by atoms with Crippen LogP contribution in [0.4, 0.5) is 0 Å². The van der Waals surface area contributed by atoms with Gasteiger partial charge in [-0.1, -0.05) is 48.0 Å². The summed E-state index contributed by atoms with van der Waals surface area (Å²) in [7, 11) is 0. The maximum atomic E-state index is 12.3. The number of hydrogen-bond donors (Lipinski definition) is 0. The van der Waals surface area contributed by atoms with E-state index in [1.807, 2.05) is 30.3 Å². The van der Waals surface area contributed by atoms with Crippen molar-refractivity contribution in [2.75, 3.05) is 0 Å². The van der Waals surface area contributed by atoms with Gasteiger partial charge in [0, 0.05) is 17.4 Å². The lowest BCUT2D eigenvalue weighted by atomic mass is 10.2. The van der Waals surface area contributed by atoms with Gasteiger partial charge in [0.15, 0.2) is 0 Å². The van der Waals surface area contributed by atoms with Crippen molar-refractivity contribution in [3.05, 3.63) is 98.3 Å². The summed E-state index contributed by atoms with van der Waals surface area (Å²) in [4.78, 5) is 24.5. The van der Waals surface area contributed by atoms with Gasteiger partial charge in [-0.3, -0.25) is 14.2 Å². The van der Waals surface area contributed by atoms with Crippen molar-refractivity contribution in [3.63, 3.8) is 0 Å². The molecule has 0 aliphatic rings. The van der Waals surface area contributed by atoms with Gasteiger partial charge in [0.2, 0.25) is 0 Å². The van der Waals surface area contributed by atoms with Crippen molar-refractivity contribution in [2.45, 2.75) is 6.54 Å². The molecule has 0 atom stereocenters. The van der Waals surface area contributed by atoms with Crippen LogP contribution in [0.3, 0.4) is 0 Å². The summed E-state index contributed by atoms with van der Waals surface area (Å²) in [6.07, 6.45) is 3.19. The summed E-state index contributed by atoms with van der Waals surface area (Å²) in [5, 5.41) is 0.512. The number of benzene rings is 2. The van der Waals surface area contributed by atoms with Gasteiger partial charge in [-0.05, 0) is 23.8 Å². The molecule has 0 aliphatic heterocycles. The molecule has 5 heteroatoms. The van der Waals surface area contributed by atoms with Gasteiger partial charge in [-0.25, -0.2) is 0 Å². The van der Waals surface area contributed by atoms with Crippen molar-refractivity contribution >= 4 is 11.6 Å². The summed E-state index contributed by atoms with van der Waals surface area (Å²) in [6.45, 7) is 0.366. The largest absolute Gasteiger partial charge is 0.320 e. The maximum absolute atomic E-state index is 12.3. The van der Waals surface area contributed by atoms with Crippen molar-refractivity contribution in [2.24, 2.45) is 0 Å². The Hall–Kier alpha value is -2.59. The van der Waals surface area contributed by atoms with Crippen LogP contribution in [0.1, 0.15) is 5.56 Å². The van der Waals surface area contributed by atoms with Gasteiger partial charge < -0.3 is 4.57 Å². The van der Waals surface area contributed by atoms with E-state index in [-0.39, 0.29) is 0 Å². The van der Waals surface area contributed by atoms with Gasteiger partial charge in [0.05, 0.1) is 12.2 Å². The number of nitrogens with zero attached hydrogens (tertiary/aromatic N) is 2. The Bertz CT molecular complexity index is 914. The van der Waals surface area contributed by atoms with E-state index in [4.69, 9.17) is 11.6 Å². The lowest BCUT2D eigenvalue weighted by molar-refractivity contribution is 0.718. The Morgan fingerprint density at radius 3 is 2.36 bits per heavy atom. The highest BCUT2D eigenvalue weighted by molar-refractivity contribution is 6.30. The smallest absolute Gasteiger partial charge is 0.305 e. The molecule has 0 N–H and O–H groups in total. The van der Waals surface area contributed by atoms with Crippen molar-refractivity contribution in [1.82, 2.24) is 9.13 Å². The first kappa shape index (κ1) is 14.4. The minimum atomic E-state index is -0.597. The Morgan fingerprint density at radius 1 is 0.864 bits per heavy atom. The molecule has 0 saturated heterocycles. The van der Waals surface area contributed by atoms with Crippen LogP contribution in [-0.4, -0.2) is 9.13 Å². The SMILES string of the molecule is O=c1c(=O)n(-c2cccc(Cl)c2)ccn1Cc1ccccc1. The predicted octanol–water partition coefficient (Wildman–Crippen LogP) is 2.70. The molecule has 110 valence electrons. The molecule has 0 saturated carbocycles. The third-order valence-electron chi connectivity index (χ3n) is 3.34. The molecule has 1 heterocycles. The minimum Gasteiger partial charge on any atom is -0.305 e. The van der Waals surface area contributed by atoms with Crippen LogP contribution in [0.2, 0.25) is 5.02 Å². The number of halogens is 1. The second-order valence-electron chi connectivity index (χ2n) is 4.87. The van der Waals surface area contributed by atoms with E-state index in [2.05, 4.69) is 0 Å². The second kappa shape index (κ2) is 6.03. The second-order valence-corrected chi connectivity index (χ2v) is 5.31. The molecule has 3 rings (SSSR count). The van der Waals surface area contributed by atoms with Crippen LogP contribution in [0.15, 0.2) is 76.6 Å². The van der Waals surface area contributed by atoms with Crippen molar-refractivity contribution < 1.29 is 0 Å². The van der Waals surface area contributed by atoms with Gasteiger partial charge in [0.25, 0.3) is 0 Å². The van der Waals surface area contributed by atoms with E-state index in [1.54, 1.807) is 36.7 Å². The fourth-order valence-corrected chi connectivity index (χ4v) is 2.43. The Morgan fingerprint density at radius 2 is 1.64 bits per heavy atom. The van der Waals surface area contributed by atoms with Gasteiger partial charge >= 0.3 is 11.1 Å². The van der Waals surface area contributed by atoms with E-state index in [1.165, 1.54) is 9.13 Å². The molecule has 22 heavy (non-hydrogen) atoms. The van der Waals surface area contributed by atoms with E-state index in [0.717, 1.165) is 5.56 Å². The minimum absolute atomic E-state index is 0.366. The molecule has 1 aromatic heterocycles. The molecule has 0 fully saturated rings. The summed E-state index contributed by atoms with van der Waals surface area (Å²) in [5.41, 5.74) is 0.373. The molecule has 2 aromatic carbocycles. The van der Waals surface area contributed by atoms with Crippen LogP contribution in [0, 0.1) is 0 Å². The molecule has 4 nitrogen and oxygen atoms in total. The highest BCUT2D eigenvalue weighted by atomic mass is 35.5. The summed E-state index contributed by atoms with van der Waals surface area (Å²) in [5.74, 6) is 0. The third kappa shape index (κ3) is 2.87. The van der Waals surface area contributed by atoms with Crippen LogP contribution < -0.4 is 11.1 Å². The fraction of sp³-hybridized carbons (Fsp3) is 0.0588. The molecule has 0 radical (unpaired) electrons. The Balaban J connectivity index is 2.03. The highest BCUT2D eigenvalue weighted by Crippen LogP contribution is 2.12. The molecular formula is C17H13ClN2O2. The van der Waals surface area contributed by atoms with Gasteiger partial charge in [-0.2, -0.15) is 0 Å². The molecule has 3 aromatic rings. The summed E-state index contributed by atoms with van der Waals surface area (Å²) >= 11 is 5.93. The van der Waals surface area contributed by atoms with Gasteiger partial charge in [0.1, 0.15) is 0 Å².